The van der Waals surface area contributed by atoms with Crippen LogP contribution in [0.5, 0.6) is 0 Å². The van der Waals surface area contributed by atoms with Crippen molar-refractivity contribution in [1.29, 1.82) is 0 Å². The first-order valence-electron chi connectivity index (χ1n) is 5.28. The lowest BCUT2D eigenvalue weighted by atomic mass is 10.2. The third kappa shape index (κ3) is 8.22. The van der Waals surface area contributed by atoms with Gasteiger partial charge in [-0.1, -0.05) is 42.1 Å². The molecule has 4 heteroatoms. The Morgan fingerprint density at radius 3 is 2.25 bits per heavy atom. The van der Waals surface area contributed by atoms with Crippen LogP contribution in [0.25, 0.3) is 0 Å². The second kappa shape index (κ2) is 10.2. The van der Waals surface area contributed by atoms with Gasteiger partial charge in [-0.25, -0.2) is 8.78 Å². The first-order valence-corrected chi connectivity index (χ1v) is 7.19. The van der Waals surface area contributed by atoms with Crippen molar-refractivity contribution in [3.63, 3.8) is 0 Å². The van der Waals surface area contributed by atoms with Gasteiger partial charge in [0.05, 0.1) is 4.47 Å². The molecule has 92 valence electrons. The Hall–Kier alpha value is 0.0400. The highest BCUT2D eigenvalue weighted by atomic mass is 79.9. The van der Waals surface area contributed by atoms with Crippen LogP contribution < -0.4 is 0 Å². The zero-order valence-corrected chi connectivity index (χ0v) is 12.5. The molecule has 1 aromatic carbocycles. The van der Waals surface area contributed by atoms with Gasteiger partial charge >= 0.3 is 0 Å². The molecule has 0 aliphatic rings. The highest BCUT2D eigenvalue weighted by molar-refractivity contribution is 9.10. The van der Waals surface area contributed by atoms with Crippen LogP contribution in [0.15, 0.2) is 22.7 Å². The molecule has 16 heavy (non-hydrogen) atoms. The number of hydrogen-bond donors (Lipinski definition) is 0. The lowest BCUT2D eigenvalue weighted by molar-refractivity contribution is 0.594. The van der Waals surface area contributed by atoms with Gasteiger partial charge in [-0.3, -0.25) is 0 Å². The van der Waals surface area contributed by atoms with Crippen LogP contribution in [-0.4, -0.2) is 5.33 Å². The Labute approximate surface area is 113 Å². The molecular weight excluding hydrogens is 342 g/mol. The normalized spacial score (nSPS) is 9.56. The number of halogens is 4. The Bertz CT molecular complexity index is 286. The topological polar surface area (TPSA) is 0 Å². The summed E-state index contributed by atoms with van der Waals surface area (Å²) in [6.45, 7) is 2.23. The average Bonchev–Trinajstić information content (AvgIpc) is 2.26. The van der Waals surface area contributed by atoms with Crippen molar-refractivity contribution in [2.24, 2.45) is 0 Å². The fourth-order valence-electron chi connectivity index (χ4n) is 0.992. The monoisotopic (exact) mass is 356 g/mol. The molecule has 0 fully saturated rings. The van der Waals surface area contributed by atoms with Crippen LogP contribution in [0.3, 0.4) is 0 Å². The van der Waals surface area contributed by atoms with Crippen molar-refractivity contribution in [3.8, 4) is 0 Å². The van der Waals surface area contributed by atoms with Crippen molar-refractivity contribution in [2.45, 2.75) is 32.6 Å². The fraction of sp³-hybridized carbons (Fsp3) is 0.500. The number of rotatable bonds is 4. The van der Waals surface area contributed by atoms with Gasteiger partial charge in [0.25, 0.3) is 0 Å². The molecule has 0 amide bonds. The average molecular weight is 358 g/mol. The highest BCUT2D eigenvalue weighted by Crippen LogP contribution is 2.15. The minimum absolute atomic E-state index is 0.155. The Kier molecular flexibility index (Phi) is 10.2. The van der Waals surface area contributed by atoms with E-state index in [2.05, 4.69) is 38.8 Å². The number of unbranched alkanes of at least 4 members (excludes halogenated alkanes) is 3. The standard InChI is InChI=1S/C6H3BrF2.C6H13Br/c7-5-3-4(8)1-2-6(5)9;1-2-3-4-5-6-7/h1-3H;2-6H2,1H3. The largest absolute Gasteiger partial charge is 0.207 e. The molecule has 0 atom stereocenters. The second-order valence-electron chi connectivity index (χ2n) is 3.31. The zero-order chi connectivity index (χ0) is 12.4. The van der Waals surface area contributed by atoms with Gasteiger partial charge in [-0.2, -0.15) is 0 Å². The van der Waals surface area contributed by atoms with Gasteiger partial charge in [0.1, 0.15) is 11.6 Å². The zero-order valence-electron chi connectivity index (χ0n) is 9.28. The van der Waals surface area contributed by atoms with E-state index < -0.39 is 11.6 Å². The first kappa shape index (κ1) is 16.0. The molecule has 0 saturated heterocycles. The maximum absolute atomic E-state index is 12.3. The van der Waals surface area contributed by atoms with E-state index in [1.54, 1.807) is 0 Å². The molecule has 0 radical (unpaired) electrons. The van der Waals surface area contributed by atoms with Crippen molar-refractivity contribution >= 4 is 31.9 Å². The van der Waals surface area contributed by atoms with E-state index in [1.165, 1.54) is 31.0 Å². The molecule has 0 heterocycles. The third-order valence-electron chi connectivity index (χ3n) is 1.87. The minimum Gasteiger partial charge on any atom is -0.207 e. The summed E-state index contributed by atoms with van der Waals surface area (Å²) >= 11 is 6.21. The number of hydrogen-bond acceptors (Lipinski definition) is 0. The van der Waals surface area contributed by atoms with Crippen LogP contribution in [0.2, 0.25) is 0 Å². The van der Waals surface area contributed by atoms with Crippen molar-refractivity contribution in [2.75, 3.05) is 5.33 Å². The lowest BCUT2D eigenvalue weighted by Crippen LogP contribution is -1.77. The summed E-state index contributed by atoms with van der Waals surface area (Å²) < 4.78 is 24.6. The third-order valence-corrected chi connectivity index (χ3v) is 3.04. The van der Waals surface area contributed by atoms with Gasteiger partial charge in [0, 0.05) is 5.33 Å². The molecule has 1 rings (SSSR count). The SMILES string of the molecule is CCCCCCBr.Fc1ccc(F)c(Br)c1. The van der Waals surface area contributed by atoms with Crippen molar-refractivity contribution in [3.05, 3.63) is 34.3 Å². The van der Waals surface area contributed by atoms with Crippen molar-refractivity contribution < 1.29 is 8.78 Å². The Balaban J connectivity index is 0.000000293. The molecular formula is C12H16Br2F2. The van der Waals surface area contributed by atoms with Gasteiger partial charge in [0.2, 0.25) is 0 Å². The maximum Gasteiger partial charge on any atom is 0.137 e. The van der Waals surface area contributed by atoms with E-state index in [0.29, 0.717) is 0 Å². The molecule has 0 aromatic heterocycles. The Morgan fingerprint density at radius 2 is 1.81 bits per heavy atom. The van der Waals surface area contributed by atoms with Crippen molar-refractivity contribution in [1.82, 2.24) is 0 Å². The minimum atomic E-state index is -0.448. The van der Waals surface area contributed by atoms with E-state index >= 15 is 0 Å². The van der Waals surface area contributed by atoms with E-state index in [4.69, 9.17) is 0 Å². The van der Waals surface area contributed by atoms with Crippen LogP contribution in [0, 0.1) is 11.6 Å². The fourth-order valence-corrected chi connectivity index (χ4v) is 1.74. The summed E-state index contributed by atoms with van der Waals surface area (Å²) in [5.41, 5.74) is 0. The highest BCUT2D eigenvalue weighted by Gasteiger charge is 1.97. The predicted octanol–water partition coefficient (Wildman–Crippen LogP) is 5.69. The summed E-state index contributed by atoms with van der Waals surface area (Å²) in [5, 5.41) is 1.17. The first-order chi connectivity index (χ1) is 7.61. The quantitative estimate of drug-likeness (QED) is 0.369. The summed E-state index contributed by atoms with van der Waals surface area (Å²) in [7, 11) is 0. The smallest absolute Gasteiger partial charge is 0.137 e. The van der Waals surface area contributed by atoms with E-state index in [0.717, 1.165) is 18.2 Å². The molecule has 0 aliphatic heterocycles. The summed E-state index contributed by atoms with van der Waals surface area (Å²) in [5.74, 6) is -0.889. The summed E-state index contributed by atoms with van der Waals surface area (Å²) in [4.78, 5) is 0. The maximum atomic E-state index is 12.3. The summed E-state index contributed by atoms with van der Waals surface area (Å²) in [6.07, 6.45) is 5.47. The van der Waals surface area contributed by atoms with Crippen LogP contribution >= 0.6 is 31.9 Å². The number of alkyl halides is 1. The summed E-state index contributed by atoms with van der Waals surface area (Å²) in [6, 6.07) is 3.22. The van der Waals surface area contributed by atoms with Crippen LogP contribution in [0.1, 0.15) is 32.6 Å². The molecule has 0 spiro atoms. The van der Waals surface area contributed by atoms with E-state index in [1.807, 2.05) is 0 Å². The van der Waals surface area contributed by atoms with E-state index in [9.17, 15) is 8.78 Å². The van der Waals surface area contributed by atoms with Gasteiger partial charge in [0.15, 0.2) is 0 Å². The molecule has 0 aliphatic carbocycles. The van der Waals surface area contributed by atoms with E-state index in [-0.39, 0.29) is 4.47 Å². The molecule has 0 saturated carbocycles. The molecule has 0 nitrogen and oxygen atoms in total. The Morgan fingerprint density at radius 1 is 1.12 bits per heavy atom. The molecule has 0 unspecified atom stereocenters. The lowest BCUT2D eigenvalue weighted by Gasteiger charge is -1.90. The van der Waals surface area contributed by atoms with Crippen LogP contribution in [-0.2, 0) is 0 Å². The number of benzene rings is 1. The van der Waals surface area contributed by atoms with Gasteiger partial charge in [-0.15, -0.1) is 0 Å². The molecule has 0 bridgehead atoms. The van der Waals surface area contributed by atoms with Crippen LogP contribution in [0.4, 0.5) is 8.78 Å². The molecule has 0 N–H and O–H groups in total. The molecule has 1 aromatic rings. The predicted molar refractivity (Wildman–Crippen MR) is 72.0 cm³/mol. The second-order valence-corrected chi connectivity index (χ2v) is 4.96. The van der Waals surface area contributed by atoms with Gasteiger partial charge < -0.3 is 0 Å². The van der Waals surface area contributed by atoms with Gasteiger partial charge in [-0.05, 0) is 40.5 Å².